The molecule has 2 aliphatic carbocycles. The van der Waals surface area contributed by atoms with Crippen molar-refractivity contribution in [3.05, 3.63) is 154 Å². The maximum atomic E-state index is 12.8. The molecular weight excluding hydrogens is 691 g/mol. The van der Waals surface area contributed by atoms with Gasteiger partial charge in [-0.1, -0.05) is 37.3 Å². The number of ketones is 1. The smallest absolute Gasteiger partial charge is 0.335 e. The van der Waals surface area contributed by atoms with Crippen LogP contribution in [0, 0.1) is 0 Å². The van der Waals surface area contributed by atoms with Crippen molar-refractivity contribution in [3.63, 3.8) is 0 Å². The minimum absolute atomic E-state index is 0.0369. The molecule has 4 aromatic heterocycles. The predicted molar refractivity (Wildman–Crippen MR) is 213 cm³/mol. The highest BCUT2D eigenvalue weighted by atomic mass is 16.5. The lowest BCUT2D eigenvalue weighted by Gasteiger charge is -2.20. The molecule has 0 aliphatic heterocycles. The zero-order chi connectivity index (χ0) is 38.9. The number of aryl methyl sites for hydroxylation is 4. The first-order chi connectivity index (χ1) is 26.6. The topological polar surface area (TPSA) is 150 Å². The Morgan fingerprint density at radius 1 is 0.655 bits per heavy atom. The van der Waals surface area contributed by atoms with Crippen molar-refractivity contribution in [3.8, 4) is 34.0 Å². The Kier molecular flexibility index (Phi) is 12.4. The number of aromatic carboxylic acids is 1. The van der Waals surface area contributed by atoms with Gasteiger partial charge >= 0.3 is 5.97 Å². The lowest BCUT2D eigenvalue weighted by Crippen LogP contribution is -2.09. The fourth-order valence-electron chi connectivity index (χ4n) is 6.87. The Balaban J connectivity index is 0.000000156. The van der Waals surface area contributed by atoms with E-state index >= 15 is 0 Å². The van der Waals surface area contributed by atoms with Gasteiger partial charge in [-0.05, 0) is 120 Å². The van der Waals surface area contributed by atoms with Gasteiger partial charge in [-0.2, -0.15) is 0 Å². The summed E-state index contributed by atoms with van der Waals surface area (Å²) < 4.78 is 10.1. The summed E-state index contributed by atoms with van der Waals surface area (Å²) in [5.74, 6) is 0.507. The summed E-state index contributed by atoms with van der Waals surface area (Å²) in [7, 11) is 3.19. The van der Waals surface area contributed by atoms with Crippen molar-refractivity contribution in [2.24, 2.45) is 5.73 Å². The van der Waals surface area contributed by atoms with Crippen molar-refractivity contribution in [1.29, 1.82) is 0 Å². The quantitative estimate of drug-likeness (QED) is 0.146. The molecule has 6 aromatic rings. The van der Waals surface area contributed by atoms with Crippen molar-refractivity contribution < 1.29 is 24.2 Å². The van der Waals surface area contributed by atoms with Gasteiger partial charge in [0.2, 0.25) is 11.8 Å². The van der Waals surface area contributed by atoms with Crippen LogP contribution in [0.1, 0.15) is 86.6 Å². The second-order valence-electron chi connectivity index (χ2n) is 13.6. The molecule has 10 nitrogen and oxygen atoms in total. The Bertz CT molecular complexity index is 2310. The Morgan fingerprint density at radius 2 is 1.13 bits per heavy atom. The van der Waals surface area contributed by atoms with E-state index in [1.165, 1.54) is 33.4 Å². The average molecular weight is 736 g/mol. The minimum atomic E-state index is -0.867. The van der Waals surface area contributed by atoms with Crippen LogP contribution in [0.15, 0.2) is 110 Å². The second-order valence-corrected chi connectivity index (χ2v) is 13.6. The summed E-state index contributed by atoms with van der Waals surface area (Å²) in [5, 5.41) is 8.97. The molecule has 0 spiro atoms. The third kappa shape index (κ3) is 9.28. The number of carbonyl (C=O) groups is 2. The molecule has 0 bridgehead atoms. The molecule has 55 heavy (non-hydrogen) atoms. The monoisotopic (exact) mass is 735 g/mol. The highest BCUT2D eigenvalue weighted by Crippen LogP contribution is 2.35. The van der Waals surface area contributed by atoms with Crippen LogP contribution in [0.4, 0.5) is 0 Å². The summed E-state index contributed by atoms with van der Waals surface area (Å²) in [5.41, 5.74) is 18.1. The predicted octanol–water partition coefficient (Wildman–Crippen LogP) is 8.28. The van der Waals surface area contributed by atoms with E-state index in [2.05, 4.69) is 38.1 Å². The van der Waals surface area contributed by atoms with E-state index < -0.39 is 5.97 Å². The van der Waals surface area contributed by atoms with E-state index in [1.54, 1.807) is 38.6 Å². The van der Waals surface area contributed by atoms with Crippen molar-refractivity contribution in [2.45, 2.75) is 57.9 Å². The largest absolute Gasteiger partial charge is 0.481 e. The first kappa shape index (κ1) is 38.5. The average Bonchev–Trinajstić information content (AvgIpc) is 3.23. The number of carboxylic acids is 1. The van der Waals surface area contributed by atoms with E-state index in [1.807, 2.05) is 81.0 Å². The normalized spacial score (nSPS) is 13.0. The molecule has 8 rings (SSSR count). The molecular formula is C45H45N5O5. The molecule has 2 aromatic carbocycles. The molecule has 0 amide bonds. The van der Waals surface area contributed by atoms with Crippen LogP contribution < -0.4 is 15.2 Å². The second kappa shape index (κ2) is 17.7. The number of aromatic nitrogens is 4. The fraction of sp³-hybridized carbons (Fsp3) is 0.244. The number of pyridine rings is 4. The fourth-order valence-corrected chi connectivity index (χ4v) is 6.87. The van der Waals surface area contributed by atoms with E-state index in [-0.39, 0.29) is 17.7 Å². The lowest BCUT2D eigenvalue weighted by molar-refractivity contribution is 0.0696. The Morgan fingerprint density at radius 3 is 1.65 bits per heavy atom. The standard InChI is InChI=1S/C23H22N2O2.C14H11NO2.C8H12N2O/c1-15(21-4-3-5-23(25-21)27-2)12-22(26)17-8-9-19-16(13-17)6-7-18-14-24-11-10-20(18)19;16-14(17)10-3-4-12-9(7-10)1-2-11-8-15-6-5-13(11)12;1-6(9)7-4-3-5-8(10-7)11-2/h3-5,8-11,13-15H,6-7,12H2,1-2H3;3-8H,1-2H2,(H,16,17);3-6H,9H2,1-2H3. The van der Waals surface area contributed by atoms with Gasteiger partial charge in [0.15, 0.2) is 5.78 Å². The van der Waals surface area contributed by atoms with Crippen LogP contribution in [0.2, 0.25) is 0 Å². The van der Waals surface area contributed by atoms with Crippen molar-refractivity contribution >= 4 is 11.8 Å². The van der Waals surface area contributed by atoms with Gasteiger partial charge in [0.25, 0.3) is 0 Å². The third-order valence-corrected chi connectivity index (χ3v) is 9.87. The SMILES string of the molecule is COc1cccc(C(C)CC(=O)c2ccc3c(c2)CCc2cnccc2-3)n1.COc1cccc(C(C)N)n1.O=C(O)c1ccc2c(c1)CCc1cnccc1-2. The van der Waals surface area contributed by atoms with Gasteiger partial charge in [-0.3, -0.25) is 14.8 Å². The van der Waals surface area contributed by atoms with Gasteiger partial charge < -0.3 is 20.3 Å². The van der Waals surface area contributed by atoms with Crippen LogP contribution in [0.3, 0.4) is 0 Å². The first-order valence-corrected chi connectivity index (χ1v) is 18.3. The number of ether oxygens (including phenoxy) is 2. The summed E-state index contributed by atoms with van der Waals surface area (Å²) in [6, 6.07) is 26.7. The molecule has 0 radical (unpaired) electrons. The van der Waals surface area contributed by atoms with Gasteiger partial charge in [-0.25, -0.2) is 14.8 Å². The molecule has 3 N–H and O–H groups in total. The number of nitrogens with zero attached hydrogens (tertiary/aromatic N) is 4. The van der Waals surface area contributed by atoms with Crippen molar-refractivity contribution in [1.82, 2.24) is 19.9 Å². The van der Waals surface area contributed by atoms with E-state index in [4.69, 9.17) is 20.3 Å². The van der Waals surface area contributed by atoms with Crippen LogP contribution in [-0.4, -0.2) is 51.0 Å². The number of methoxy groups -OCH3 is 2. The van der Waals surface area contributed by atoms with Gasteiger partial charge in [-0.15, -0.1) is 0 Å². The number of hydrogen-bond donors (Lipinski definition) is 2. The van der Waals surface area contributed by atoms with Crippen LogP contribution >= 0.6 is 0 Å². The molecule has 2 atom stereocenters. The number of hydrogen-bond acceptors (Lipinski definition) is 9. The number of rotatable bonds is 8. The van der Waals surface area contributed by atoms with Crippen LogP contribution in [-0.2, 0) is 25.7 Å². The summed E-state index contributed by atoms with van der Waals surface area (Å²) >= 11 is 0. The number of Topliss-reactive ketones (excluding diaryl/α,β-unsaturated/α-hetero) is 1. The maximum Gasteiger partial charge on any atom is 0.335 e. The van der Waals surface area contributed by atoms with Crippen LogP contribution in [0.5, 0.6) is 11.8 Å². The molecule has 0 fully saturated rings. The zero-order valence-electron chi connectivity index (χ0n) is 31.5. The zero-order valence-corrected chi connectivity index (χ0v) is 31.5. The first-order valence-electron chi connectivity index (χ1n) is 18.3. The van der Waals surface area contributed by atoms with Crippen LogP contribution in [0.25, 0.3) is 22.3 Å². The Labute approximate surface area is 321 Å². The molecule has 0 saturated carbocycles. The van der Waals surface area contributed by atoms with Gasteiger partial charge in [0, 0.05) is 66.6 Å². The summed E-state index contributed by atoms with van der Waals surface area (Å²) in [4.78, 5) is 40.7. The van der Waals surface area contributed by atoms with Gasteiger partial charge in [0.05, 0.1) is 25.5 Å². The minimum Gasteiger partial charge on any atom is -0.481 e. The molecule has 2 aliphatic rings. The Hall–Kier alpha value is -6.26. The molecule has 4 heterocycles. The lowest BCUT2D eigenvalue weighted by atomic mass is 9.85. The molecule has 280 valence electrons. The number of carboxylic acid groups (broad SMARTS) is 1. The maximum absolute atomic E-state index is 12.8. The number of benzene rings is 2. The summed E-state index contributed by atoms with van der Waals surface area (Å²) in [6.07, 6.45) is 11.6. The molecule has 2 unspecified atom stereocenters. The highest BCUT2D eigenvalue weighted by Gasteiger charge is 2.20. The van der Waals surface area contributed by atoms with Gasteiger partial charge in [0.1, 0.15) is 0 Å². The number of carbonyl (C=O) groups excluding carboxylic acids is 1. The van der Waals surface area contributed by atoms with E-state index in [0.717, 1.165) is 53.8 Å². The van der Waals surface area contributed by atoms with E-state index in [9.17, 15) is 9.59 Å². The summed E-state index contributed by atoms with van der Waals surface area (Å²) in [6.45, 7) is 3.92. The molecule has 0 saturated heterocycles. The van der Waals surface area contributed by atoms with Crippen molar-refractivity contribution in [2.75, 3.05) is 14.2 Å². The third-order valence-electron chi connectivity index (χ3n) is 9.87. The highest BCUT2D eigenvalue weighted by molar-refractivity contribution is 5.97. The molecule has 10 heteroatoms. The number of nitrogens with two attached hydrogens (primary N) is 1. The van der Waals surface area contributed by atoms with E-state index in [0.29, 0.717) is 23.7 Å². The number of fused-ring (bicyclic) bond motifs is 6.